The van der Waals surface area contributed by atoms with Gasteiger partial charge in [0.15, 0.2) is 12.3 Å². The third kappa shape index (κ3) is 9.56. The lowest BCUT2D eigenvalue weighted by molar-refractivity contribution is -0.440. The first-order valence-electron chi connectivity index (χ1n) is 17.2. The Labute approximate surface area is 302 Å². The van der Waals surface area contributed by atoms with Gasteiger partial charge in [0.2, 0.25) is 5.69 Å². The highest BCUT2D eigenvalue weighted by Gasteiger charge is 2.57. The zero-order valence-corrected chi connectivity index (χ0v) is 32.5. The Kier molecular flexibility index (Phi) is 13.0. The molecule has 0 aromatic heterocycles. The number of hydrogen-bond acceptors (Lipinski definition) is 8. The average molecular weight is 729 g/mol. The van der Waals surface area contributed by atoms with Crippen molar-refractivity contribution in [3.05, 3.63) is 88.7 Å². The molecule has 0 spiro atoms. The number of fused-ring (bicyclic) bond motifs is 1. The molecule has 0 saturated carbocycles. The normalized spacial score (nSPS) is 19.6. The highest BCUT2D eigenvalue weighted by Crippen LogP contribution is 2.52. The van der Waals surface area contributed by atoms with Crippen LogP contribution in [0, 0.1) is 19.3 Å². The first-order chi connectivity index (χ1) is 23.4. The van der Waals surface area contributed by atoms with Gasteiger partial charge in [0.25, 0.3) is 10.1 Å². The molecule has 2 aliphatic rings. The van der Waals surface area contributed by atoms with Gasteiger partial charge in [-0.1, -0.05) is 49.6 Å². The van der Waals surface area contributed by atoms with Crippen LogP contribution < -0.4 is 4.74 Å². The van der Waals surface area contributed by atoms with Gasteiger partial charge in [0.05, 0.1) is 22.5 Å². The summed E-state index contributed by atoms with van der Waals surface area (Å²) in [7, 11) is -4.27. The van der Waals surface area contributed by atoms with Crippen LogP contribution in [0.25, 0.3) is 0 Å². The van der Waals surface area contributed by atoms with E-state index in [0.717, 1.165) is 62.0 Å². The summed E-state index contributed by atoms with van der Waals surface area (Å²) in [5.41, 5.74) is 6.22. The third-order valence-electron chi connectivity index (χ3n) is 9.75. The fourth-order valence-electron chi connectivity index (χ4n) is 6.75. The number of benzene rings is 2. The SMILES string of the molecule is Cc1cc(C)c2c(c1)C(C)(C(C)(C)COC(C)(C)C)C(/C=C/C=C/C1=C(Oc3ccc(S(=O)(=O)O)cc3)CCCC1)=[N+]2CCC(C)SOOO. The van der Waals surface area contributed by atoms with Crippen molar-refractivity contribution in [1.82, 2.24) is 0 Å². The largest absolute Gasteiger partial charge is 0.461 e. The molecule has 0 saturated heterocycles. The molecule has 0 radical (unpaired) electrons. The van der Waals surface area contributed by atoms with Crippen LogP contribution in [0.4, 0.5) is 5.69 Å². The number of rotatable bonds is 15. The van der Waals surface area contributed by atoms with Gasteiger partial charge in [-0.3, -0.25) is 4.55 Å². The van der Waals surface area contributed by atoms with Gasteiger partial charge in [0, 0.05) is 52.8 Å². The van der Waals surface area contributed by atoms with Gasteiger partial charge < -0.3 is 9.47 Å². The summed E-state index contributed by atoms with van der Waals surface area (Å²) in [6.07, 6.45) is 13.0. The number of aryl methyl sites for hydroxylation is 2. The van der Waals surface area contributed by atoms with Gasteiger partial charge in [-0.05, 0) is 103 Å². The highest BCUT2D eigenvalue weighted by molar-refractivity contribution is 7.95. The first-order valence-corrected chi connectivity index (χ1v) is 19.5. The lowest BCUT2D eigenvalue weighted by Gasteiger charge is -2.41. The number of hydrogen-bond donors (Lipinski definition) is 2. The maximum atomic E-state index is 11.5. The maximum absolute atomic E-state index is 11.5. The summed E-state index contributed by atoms with van der Waals surface area (Å²) in [6, 6.07) is 10.4. The average Bonchev–Trinajstić information content (AvgIpc) is 3.28. The summed E-state index contributed by atoms with van der Waals surface area (Å²) in [5.74, 6) is 1.38. The van der Waals surface area contributed by atoms with Crippen LogP contribution in [-0.4, -0.2) is 52.5 Å². The predicted molar refractivity (Wildman–Crippen MR) is 200 cm³/mol. The minimum atomic E-state index is -4.27. The van der Waals surface area contributed by atoms with Crippen molar-refractivity contribution >= 4 is 33.6 Å². The Hall–Kier alpha value is -2.77. The molecule has 0 fully saturated rings. The van der Waals surface area contributed by atoms with E-state index in [1.54, 1.807) is 12.1 Å². The van der Waals surface area contributed by atoms with Gasteiger partial charge in [-0.25, -0.2) is 5.26 Å². The molecule has 2 aromatic carbocycles. The predicted octanol–water partition coefficient (Wildman–Crippen LogP) is 9.62. The first kappa shape index (κ1) is 40.0. The molecule has 1 heterocycles. The second-order valence-corrected chi connectivity index (χ2v) is 17.7. The van der Waals surface area contributed by atoms with Crippen molar-refractivity contribution in [2.45, 2.75) is 116 Å². The second kappa shape index (κ2) is 16.3. The van der Waals surface area contributed by atoms with E-state index in [4.69, 9.17) is 19.1 Å². The van der Waals surface area contributed by atoms with Crippen molar-refractivity contribution in [3.63, 3.8) is 0 Å². The molecular weight excluding hydrogens is 675 g/mol. The van der Waals surface area contributed by atoms with E-state index in [9.17, 15) is 13.0 Å². The number of nitrogens with zero attached hydrogens (tertiary/aromatic N) is 1. The molecule has 11 heteroatoms. The molecule has 2 aromatic rings. The molecule has 50 heavy (non-hydrogen) atoms. The van der Waals surface area contributed by atoms with Crippen LogP contribution >= 0.6 is 12.0 Å². The van der Waals surface area contributed by atoms with Crippen molar-refractivity contribution < 1.29 is 41.6 Å². The van der Waals surface area contributed by atoms with Gasteiger partial charge in [-0.15, -0.1) is 4.33 Å². The fraction of sp³-hybridized carbons (Fsp3) is 0.513. The van der Waals surface area contributed by atoms with E-state index in [0.29, 0.717) is 12.4 Å². The number of ether oxygens (including phenoxy) is 2. The van der Waals surface area contributed by atoms with Crippen LogP contribution in [0.3, 0.4) is 0 Å². The van der Waals surface area contributed by atoms with Crippen molar-refractivity contribution in [3.8, 4) is 5.75 Å². The maximum Gasteiger partial charge on any atom is 0.294 e. The standard InChI is InChI=1S/C39H53NO8S2/c1-27-24-28(2)36-33(25-27)39(9,38(7,8)26-45-37(4,5)6)35(40(36)23-22-29(3)49-48-47-41)17-13-11-15-30-14-10-12-16-34(30)46-31-18-20-32(21-19-31)50(42,43)44/h11,13,15,17-21,24-25,29H,10,12,14,16,22-23,26H2,1-9H3,(H-,41,42,43,44)/p+1/b15-11+,17-13+. The summed E-state index contributed by atoms with van der Waals surface area (Å²) < 4.78 is 52.2. The van der Waals surface area contributed by atoms with E-state index in [-0.39, 0.29) is 21.2 Å². The Morgan fingerprint density at radius 1 is 1.02 bits per heavy atom. The molecule has 2 unspecified atom stereocenters. The van der Waals surface area contributed by atoms with Crippen LogP contribution in [-0.2, 0) is 29.6 Å². The third-order valence-corrected chi connectivity index (χ3v) is 11.3. The minimum Gasteiger partial charge on any atom is -0.461 e. The monoisotopic (exact) mass is 728 g/mol. The zero-order chi connectivity index (χ0) is 36.9. The molecule has 0 amide bonds. The van der Waals surface area contributed by atoms with Crippen LogP contribution in [0.5, 0.6) is 5.75 Å². The molecule has 1 aliphatic heterocycles. The lowest BCUT2D eigenvalue weighted by Crippen LogP contribution is -2.48. The molecule has 274 valence electrons. The van der Waals surface area contributed by atoms with Crippen molar-refractivity contribution in [2.75, 3.05) is 13.2 Å². The molecular formula is C39H54NO8S2+. The van der Waals surface area contributed by atoms with Gasteiger partial charge in [0.1, 0.15) is 11.5 Å². The van der Waals surface area contributed by atoms with E-state index in [2.05, 4.69) is 101 Å². The molecule has 1 aliphatic carbocycles. The molecule has 9 nitrogen and oxygen atoms in total. The molecule has 2 N–H and O–H groups in total. The van der Waals surface area contributed by atoms with Crippen molar-refractivity contribution in [2.24, 2.45) is 5.41 Å². The van der Waals surface area contributed by atoms with Gasteiger partial charge >= 0.3 is 0 Å². The Morgan fingerprint density at radius 2 is 1.68 bits per heavy atom. The van der Waals surface area contributed by atoms with E-state index < -0.39 is 15.5 Å². The fourth-order valence-corrected chi connectivity index (χ4v) is 7.60. The minimum absolute atomic E-state index is 0.0616. The van der Waals surface area contributed by atoms with E-state index in [1.807, 2.05) is 6.92 Å². The summed E-state index contributed by atoms with van der Waals surface area (Å²) in [5, 5.41) is 12.6. The van der Waals surface area contributed by atoms with Crippen LogP contribution in [0.15, 0.2) is 76.9 Å². The summed E-state index contributed by atoms with van der Waals surface area (Å²) in [6.45, 7) is 20.9. The van der Waals surface area contributed by atoms with Gasteiger partial charge in [-0.2, -0.15) is 13.0 Å². The van der Waals surface area contributed by atoms with E-state index in [1.165, 1.54) is 40.2 Å². The Balaban J connectivity index is 1.75. The smallest absolute Gasteiger partial charge is 0.294 e. The highest BCUT2D eigenvalue weighted by atomic mass is 32.2. The topological polar surface area (TPSA) is 115 Å². The van der Waals surface area contributed by atoms with Crippen LogP contribution in [0.1, 0.15) is 97.3 Å². The summed E-state index contributed by atoms with van der Waals surface area (Å²) >= 11 is 1.09. The molecule has 0 bridgehead atoms. The quantitative estimate of drug-likeness (QED) is 0.0462. The zero-order valence-electron chi connectivity index (χ0n) is 30.9. The lowest BCUT2D eigenvalue weighted by atomic mass is 9.61. The summed E-state index contributed by atoms with van der Waals surface area (Å²) in [4.78, 5) is -0.167. The van der Waals surface area contributed by atoms with E-state index >= 15 is 0 Å². The van der Waals surface area contributed by atoms with Crippen LogP contribution in [0.2, 0.25) is 0 Å². The Bertz CT molecular complexity index is 1750. The Morgan fingerprint density at radius 3 is 2.32 bits per heavy atom. The van der Waals surface area contributed by atoms with Crippen molar-refractivity contribution in [1.29, 1.82) is 0 Å². The molecule has 2 atom stereocenters. The molecule has 4 rings (SSSR count). The number of allylic oxidation sites excluding steroid dienone is 6. The second-order valence-electron chi connectivity index (χ2n) is 15.2.